The lowest BCUT2D eigenvalue weighted by Gasteiger charge is -2.31. The number of rotatable bonds is 3. The molecular formula is C17H22N6O. The third-order valence-corrected chi connectivity index (χ3v) is 4.34. The Kier molecular flexibility index (Phi) is 4.69. The van der Waals surface area contributed by atoms with Crippen LogP contribution in [0.2, 0.25) is 0 Å². The van der Waals surface area contributed by atoms with Crippen molar-refractivity contribution in [3.05, 3.63) is 30.4 Å². The molecule has 0 radical (unpaired) electrons. The molecule has 0 unspecified atom stereocenters. The second kappa shape index (κ2) is 6.90. The number of hydrogen-bond acceptors (Lipinski definition) is 6. The van der Waals surface area contributed by atoms with Crippen LogP contribution >= 0.6 is 0 Å². The first-order chi connectivity index (χ1) is 11.5. The molecule has 1 aliphatic rings. The van der Waals surface area contributed by atoms with E-state index in [0.717, 1.165) is 37.4 Å². The summed E-state index contributed by atoms with van der Waals surface area (Å²) in [6.45, 7) is 3.19. The van der Waals surface area contributed by atoms with Crippen molar-refractivity contribution in [3.8, 4) is 11.5 Å². The van der Waals surface area contributed by atoms with Gasteiger partial charge < -0.3 is 9.80 Å². The number of hydrogen-bond donors (Lipinski definition) is 0. The van der Waals surface area contributed by atoms with Gasteiger partial charge in [0.15, 0.2) is 5.82 Å². The maximum atomic E-state index is 11.5. The summed E-state index contributed by atoms with van der Waals surface area (Å²) >= 11 is 0. The predicted octanol–water partition coefficient (Wildman–Crippen LogP) is 1.73. The first-order valence-corrected chi connectivity index (χ1v) is 8.13. The molecule has 126 valence electrons. The van der Waals surface area contributed by atoms with Gasteiger partial charge in [0.1, 0.15) is 11.5 Å². The maximum absolute atomic E-state index is 11.5. The summed E-state index contributed by atoms with van der Waals surface area (Å²) < 4.78 is 0. The molecular weight excluding hydrogens is 304 g/mol. The molecule has 0 bridgehead atoms. The Labute approximate surface area is 141 Å². The van der Waals surface area contributed by atoms with E-state index < -0.39 is 0 Å². The summed E-state index contributed by atoms with van der Waals surface area (Å²) in [5, 5.41) is 0. The molecule has 1 aliphatic heterocycles. The molecule has 0 spiro atoms. The predicted molar refractivity (Wildman–Crippen MR) is 91.6 cm³/mol. The summed E-state index contributed by atoms with van der Waals surface area (Å²) in [6, 6.07) is 2.04. The third-order valence-electron chi connectivity index (χ3n) is 4.34. The van der Waals surface area contributed by atoms with Gasteiger partial charge in [0.05, 0.1) is 6.20 Å². The number of carbonyl (C=O) groups is 1. The molecule has 1 saturated heterocycles. The highest BCUT2D eigenvalue weighted by atomic mass is 16.2. The van der Waals surface area contributed by atoms with Crippen molar-refractivity contribution in [2.75, 3.05) is 32.1 Å². The lowest BCUT2D eigenvalue weighted by Crippen LogP contribution is -2.36. The lowest BCUT2D eigenvalue weighted by atomic mass is 9.93. The molecule has 0 aliphatic carbocycles. The minimum absolute atomic E-state index is 0.144. The van der Waals surface area contributed by atoms with Crippen molar-refractivity contribution < 1.29 is 4.79 Å². The van der Waals surface area contributed by atoms with Gasteiger partial charge in [-0.3, -0.25) is 9.78 Å². The van der Waals surface area contributed by atoms with E-state index >= 15 is 0 Å². The van der Waals surface area contributed by atoms with Crippen molar-refractivity contribution in [2.45, 2.75) is 25.7 Å². The van der Waals surface area contributed by atoms with Crippen molar-refractivity contribution in [2.24, 2.45) is 0 Å². The van der Waals surface area contributed by atoms with E-state index in [1.165, 1.54) is 0 Å². The fourth-order valence-electron chi connectivity index (χ4n) is 2.91. The van der Waals surface area contributed by atoms with Crippen LogP contribution in [0.3, 0.4) is 0 Å². The Bertz CT molecular complexity index is 710. The second-order valence-corrected chi connectivity index (χ2v) is 6.24. The maximum Gasteiger partial charge on any atom is 0.219 e. The minimum Gasteiger partial charge on any atom is -0.363 e. The van der Waals surface area contributed by atoms with Gasteiger partial charge in [0.2, 0.25) is 5.91 Å². The molecule has 1 amide bonds. The van der Waals surface area contributed by atoms with Crippen LogP contribution in [0.15, 0.2) is 24.7 Å². The molecule has 0 N–H and O–H groups in total. The Hall–Kier alpha value is -2.57. The monoisotopic (exact) mass is 326 g/mol. The van der Waals surface area contributed by atoms with Crippen LogP contribution in [0.25, 0.3) is 11.5 Å². The van der Waals surface area contributed by atoms with Crippen LogP contribution in [-0.2, 0) is 4.79 Å². The number of nitrogens with zero attached hydrogens (tertiary/aromatic N) is 6. The van der Waals surface area contributed by atoms with Crippen LogP contribution in [0, 0.1) is 0 Å². The van der Waals surface area contributed by atoms with Gasteiger partial charge in [0, 0.05) is 64.2 Å². The van der Waals surface area contributed by atoms with Crippen LogP contribution in [0.5, 0.6) is 0 Å². The molecule has 3 heterocycles. The zero-order chi connectivity index (χ0) is 17.1. The van der Waals surface area contributed by atoms with Crippen molar-refractivity contribution >= 4 is 11.7 Å². The zero-order valence-electron chi connectivity index (χ0n) is 14.3. The van der Waals surface area contributed by atoms with Gasteiger partial charge in [-0.15, -0.1) is 0 Å². The highest BCUT2D eigenvalue weighted by Crippen LogP contribution is 2.29. The quantitative estimate of drug-likeness (QED) is 0.855. The molecule has 2 aromatic heterocycles. The van der Waals surface area contributed by atoms with E-state index in [1.54, 1.807) is 25.5 Å². The molecule has 3 rings (SSSR count). The topological polar surface area (TPSA) is 75.1 Å². The van der Waals surface area contributed by atoms with E-state index in [0.29, 0.717) is 17.4 Å². The first kappa shape index (κ1) is 16.3. The zero-order valence-corrected chi connectivity index (χ0v) is 14.3. The van der Waals surface area contributed by atoms with E-state index in [4.69, 9.17) is 4.98 Å². The summed E-state index contributed by atoms with van der Waals surface area (Å²) in [5.41, 5.74) is 1.68. The van der Waals surface area contributed by atoms with Gasteiger partial charge in [-0.05, 0) is 12.8 Å². The molecule has 7 heteroatoms. The molecule has 1 fully saturated rings. The molecule has 7 nitrogen and oxygen atoms in total. The second-order valence-electron chi connectivity index (χ2n) is 6.24. The summed E-state index contributed by atoms with van der Waals surface area (Å²) in [6.07, 6.45) is 6.80. The third kappa shape index (κ3) is 3.50. The van der Waals surface area contributed by atoms with Crippen LogP contribution in [-0.4, -0.2) is 57.9 Å². The molecule has 0 atom stereocenters. The number of aromatic nitrogens is 4. The van der Waals surface area contributed by atoms with Gasteiger partial charge >= 0.3 is 0 Å². The lowest BCUT2D eigenvalue weighted by molar-refractivity contribution is -0.129. The van der Waals surface area contributed by atoms with Crippen molar-refractivity contribution in [1.29, 1.82) is 0 Å². The average molecular weight is 326 g/mol. The number of anilines is 1. The Morgan fingerprint density at radius 3 is 2.54 bits per heavy atom. The van der Waals surface area contributed by atoms with Gasteiger partial charge in [-0.25, -0.2) is 15.0 Å². The van der Waals surface area contributed by atoms with Gasteiger partial charge in [-0.2, -0.15) is 0 Å². The smallest absolute Gasteiger partial charge is 0.219 e. The fraction of sp³-hybridized carbons (Fsp3) is 0.471. The SMILES string of the molecule is CC(=O)N1CCC(c2cc(N(C)C)nc(-c3cnccn3)n2)CC1. The number of piperidine rings is 1. The van der Waals surface area contributed by atoms with Gasteiger partial charge in [0.25, 0.3) is 0 Å². The van der Waals surface area contributed by atoms with Gasteiger partial charge in [-0.1, -0.05) is 0 Å². The first-order valence-electron chi connectivity index (χ1n) is 8.13. The van der Waals surface area contributed by atoms with Crippen LogP contribution < -0.4 is 4.90 Å². The molecule has 24 heavy (non-hydrogen) atoms. The fourth-order valence-corrected chi connectivity index (χ4v) is 2.91. The largest absolute Gasteiger partial charge is 0.363 e. The normalized spacial score (nSPS) is 15.4. The van der Waals surface area contributed by atoms with E-state index in [2.05, 4.69) is 15.0 Å². The Morgan fingerprint density at radius 1 is 1.21 bits per heavy atom. The van der Waals surface area contributed by atoms with E-state index in [-0.39, 0.29) is 5.91 Å². The van der Waals surface area contributed by atoms with Crippen molar-refractivity contribution in [3.63, 3.8) is 0 Å². The molecule has 0 aromatic carbocycles. The Morgan fingerprint density at radius 2 is 1.96 bits per heavy atom. The summed E-state index contributed by atoms with van der Waals surface area (Å²) in [7, 11) is 3.93. The Balaban J connectivity index is 1.90. The molecule has 0 saturated carbocycles. The molecule has 2 aromatic rings. The number of amides is 1. The van der Waals surface area contributed by atoms with Crippen molar-refractivity contribution in [1.82, 2.24) is 24.8 Å². The summed E-state index contributed by atoms with van der Waals surface area (Å²) in [4.78, 5) is 33.1. The summed E-state index contributed by atoms with van der Waals surface area (Å²) in [5.74, 6) is 1.93. The highest BCUT2D eigenvalue weighted by molar-refractivity contribution is 5.73. The number of carbonyl (C=O) groups excluding carboxylic acids is 1. The van der Waals surface area contributed by atoms with Crippen LogP contribution in [0.1, 0.15) is 31.4 Å². The average Bonchev–Trinajstić information content (AvgIpc) is 2.62. The van der Waals surface area contributed by atoms with E-state index in [9.17, 15) is 4.79 Å². The van der Waals surface area contributed by atoms with E-state index in [1.807, 2.05) is 30.0 Å². The van der Waals surface area contributed by atoms with Crippen LogP contribution in [0.4, 0.5) is 5.82 Å². The highest BCUT2D eigenvalue weighted by Gasteiger charge is 2.24. The minimum atomic E-state index is 0.144. The standard InChI is InChI=1S/C17H22N6O/c1-12(24)23-8-4-13(5-9-23)14-10-16(22(2)3)21-17(20-14)15-11-18-6-7-19-15/h6-7,10-11,13H,4-5,8-9H2,1-3H3. The number of likely N-dealkylation sites (tertiary alicyclic amines) is 1.